The highest BCUT2D eigenvalue weighted by atomic mass is 16.2. The Bertz CT molecular complexity index is 905. The van der Waals surface area contributed by atoms with E-state index in [9.17, 15) is 4.79 Å². The number of piperazine rings is 1. The maximum Gasteiger partial charge on any atom is 0.246 e. The van der Waals surface area contributed by atoms with Crippen molar-refractivity contribution < 1.29 is 4.79 Å². The van der Waals surface area contributed by atoms with Gasteiger partial charge in [-0.05, 0) is 31.7 Å². The molecular weight excluding hydrogens is 324 g/mol. The molecule has 1 aliphatic rings. The Kier molecular flexibility index (Phi) is 4.47. The van der Waals surface area contributed by atoms with Crippen LogP contribution in [0, 0.1) is 0 Å². The molecule has 5 heteroatoms. The van der Waals surface area contributed by atoms with Crippen LogP contribution in [0.25, 0.3) is 11.0 Å². The Labute approximate surface area is 153 Å². The molecule has 2 atom stereocenters. The lowest BCUT2D eigenvalue weighted by molar-refractivity contribution is -0.139. The molecule has 5 nitrogen and oxygen atoms in total. The van der Waals surface area contributed by atoms with Gasteiger partial charge >= 0.3 is 0 Å². The summed E-state index contributed by atoms with van der Waals surface area (Å²) >= 11 is 0. The van der Waals surface area contributed by atoms with Crippen LogP contribution in [0.5, 0.6) is 0 Å². The van der Waals surface area contributed by atoms with Crippen molar-refractivity contribution in [1.82, 2.24) is 19.4 Å². The van der Waals surface area contributed by atoms with E-state index in [1.165, 1.54) is 5.56 Å². The second-order valence-corrected chi connectivity index (χ2v) is 7.04. The number of imidazole rings is 1. The van der Waals surface area contributed by atoms with Crippen LogP contribution in [0.2, 0.25) is 0 Å². The number of nitrogens with zero attached hydrogens (tertiary/aromatic N) is 4. The number of benzene rings is 2. The van der Waals surface area contributed by atoms with Crippen molar-refractivity contribution in [3.8, 4) is 0 Å². The van der Waals surface area contributed by atoms with Gasteiger partial charge in [0.2, 0.25) is 5.91 Å². The first kappa shape index (κ1) is 16.8. The molecule has 1 amide bonds. The fourth-order valence-electron chi connectivity index (χ4n) is 3.79. The third-order valence-corrected chi connectivity index (χ3v) is 5.31. The minimum Gasteiger partial charge on any atom is -0.331 e. The van der Waals surface area contributed by atoms with Crippen molar-refractivity contribution in [2.24, 2.45) is 0 Å². The summed E-state index contributed by atoms with van der Waals surface area (Å²) in [6, 6.07) is 18.1. The molecule has 2 aromatic carbocycles. The number of carbonyl (C=O) groups excluding carboxylic acids is 1. The molecule has 1 aromatic heterocycles. The van der Waals surface area contributed by atoms with Crippen LogP contribution < -0.4 is 0 Å². The van der Waals surface area contributed by atoms with E-state index in [-0.39, 0.29) is 18.0 Å². The molecule has 0 spiro atoms. The van der Waals surface area contributed by atoms with E-state index in [0.29, 0.717) is 0 Å². The first-order valence-corrected chi connectivity index (χ1v) is 9.10. The van der Waals surface area contributed by atoms with Crippen molar-refractivity contribution in [3.63, 3.8) is 0 Å². The normalized spacial score (nSPS) is 19.6. The summed E-state index contributed by atoms with van der Waals surface area (Å²) in [6.45, 7) is 4.46. The zero-order valence-corrected chi connectivity index (χ0v) is 15.2. The zero-order valence-electron chi connectivity index (χ0n) is 15.2. The molecule has 3 aromatic rings. The predicted molar refractivity (Wildman–Crippen MR) is 103 cm³/mol. The van der Waals surface area contributed by atoms with E-state index in [4.69, 9.17) is 0 Å². The number of likely N-dealkylation sites (N-methyl/N-ethyl adjacent to an activating group) is 1. The summed E-state index contributed by atoms with van der Waals surface area (Å²) in [4.78, 5) is 22.2. The van der Waals surface area contributed by atoms with Crippen LogP contribution in [0.4, 0.5) is 0 Å². The lowest BCUT2D eigenvalue weighted by atomic mass is 10.0. The van der Waals surface area contributed by atoms with E-state index in [1.54, 1.807) is 6.33 Å². The SMILES string of the molecule is C[C@@H](C(=O)N1CCN(C)C[C@H]1c1ccccc1)n1cnc2ccccc21. The molecule has 0 aliphatic carbocycles. The molecule has 1 aliphatic heterocycles. The maximum atomic E-state index is 13.4. The van der Waals surface area contributed by atoms with Crippen molar-refractivity contribution in [3.05, 3.63) is 66.5 Å². The van der Waals surface area contributed by atoms with Crippen LogP contribution in [0.1, 0.15) is 24.6 Å². The van der Waals surface area contributed by atoms with Crippen molar-refractivity contribution in [2.45, 2.75) is 19.0 Å². The van der Waals surface area contributed by atoms with E-state index >= 15 is 0 Å². The lowest BCUT2D eigenvalue weighted by Gasteiger charge is -2.41. The number of hydrogen-bond donors (Lipinski definition) is 0. The molecule has 0 N–H and O–H groups in total. The van der Waals surface area contributed by atoms with Gasteiger partial charge < -0.3 is 14.4 Å². The second-order valence-electron chi connectivity index (χ2n) is 7.04. The first-order chi connectivity index (χ1) is 12.6. The highest BCUT2D eigenvalue weighted by molar-refractivity contribution is 5.84. The Morgan fingerprint density at radius 1 is 1.08 bits per heavy atom. The van der Waals surface area contributed by atoms with E-state index < -0.39 is 0 Å². The molecule has 1 saturated heterocycles. The number of amides is 1. The predicted octanol–water partition coefficient (Wildman–Crippen LogP) is 3.11. The number of para-hydroxylation sites is 2. The highest BCUT2D eigenvalue weighted by Crippen LogP contribution is 2.28. The van der Waals surface area contributed by atoms with Gasteiger partial charge in [0.1, 0.15) is 6.04 Å². The fraction of sp³-hybridized carbons (Fsp3) is 0.333. The average Bonchev–Trinajstić information content (AvgIpc) is 3.11. The van der Waals surface area contributed by atoms with Gasteiger partial charge in [-0.3, -0.25) is 4.79 Å². The average molecular weight is 348 g/mol. The molecule has 0 saturated carbocycles. The molecule has 0 unspecified atom stereocenters. The number of hydrogen-bond acceptors (Lipinski definition) is 3. The topological polar surface area (TPSA) is 41.4 Å². The fourth-order valence-corrected chi connectivity index (χ4v) is 3.79. The quantitative estimate of drug-likeness (QED) is 0.730. The Balaban J connectivity index is 1.65. The Hall–Kier alpha value is -2.66. The Morgan fingerprint density at radius 2 is 1.81 bits per heavy atom. The minimum absolute atomic E-state index is 0.0830. The van der Waals surface area contributed by atoms with Crippen molar-refractivity contribution in [2.75, 3.05) is 26.7 Å². The molecule has 26 heavy (non-hydrogen) atoms. The second kappa shape index (κ2) is 6.92. The number of aromatic nitrogens is 2. The first-order valence-electron chi connectivity index (χ1n) is 9.10. The van der Waals surface area contributed by atoms with Gasteiger partial charge in [0.25, 0.3) is 0 Å². The van der Waals surface area contributed by atoms with Crippen LogP contribution in [0.15, 0.2) is 60.9 Å². The van der Waals surface area contributed by atoms with Crippen LogP contribution in [-0.2, 0) is 4.79 Å². The minimum atomic E-state index is -0.281. The third kappa shape index (κ3) is 2.99. The summed E-state index contributed by atoms with van der Waals surface area (Å²) in [7, 11) is 2.12. The smallest absolute Gasteiger partial charge is 0.246 e. The summed E-state index contributed by atoms with van der Waals surface area (Å²) in [5.41, 5.74) is 3.11. The number of rotatable bonds is 3. The van der Waals surface area contributed by atoms with E-state index in [2.05, 4.69) is 29.1 Å². The van der Waals surface area contributed by atoms with Crippen molar-refractivity contribution in [1.29, 1.82) is 0 Å². The molecule has 2 heterocycles. The number of carbonyl (C=O) groups is 1. The van der Waals surface area contributed by atoms with Crippen molar-refractivity contribution >= 4 is 16.9 Å². The third-order valence-electron chi connectivity index (χ3n) is 5.31. The largest absolute Gasteiger partial charge is 0.331 e. The van der Waals surface area contributed by atoms with Crippen LogP contribution in [-0.4, -0.2) is 51.9 Å². The van der Waals surface area contributed by atoms with Crippen LogP contribution in [0.3, 0.4) is 0 Å². The summed E-state index contributed by atoms with van der Waals surface area (Å²) in [5.74, 6) is 0.148. The summed E-state index contributed by atoms with van der Waals surface area (Å²) in [6.07, 6.45) is 1.78. The van der Waals surface area contributed by atoms with Gasteiger partial charge in [-0.25, -0.2) is 4.98 Å². The molecular formula is C21H24N4O. The standard InChI is InChI=1S/C21H24N4O/c1-16(25-15-22-18-10-6-7-11-19(18)25)21(26)24-13-12-23(2)14-20(24)17-8-4-3-5-9-17/h3-11,15-16,20H,12-14H2,1-2H3/t16-,20-/m0/s1. The lowest BCUT2D eigenvalue weighted by Crippen LogP contribution is -2.50. The van der Waals surface area contributed by atoms with Gasteiger partial charge in [-0.15, -0.1) is 0 Å². The molecule has 0 bridgehead atoms. The van der Waals surface area contributed by atoms with Crippen LogP contribution >= 0.6 is 0 Å². The highest BCUT2D eigenvalue weighted by Gasteiger charge is 2.33. The van der Waals surface area contributed by atoms with E-state index in [0.717, 1.165) is 30.7 Å². The van der Waals surface area contributed by atoms with Gasteiger partial charge in [-0.1, -0.05) is 42.5 Å². The monoisotopic (exact) mass is 348 g/mol. The summed E-state index contributed by atoms with van der Waals surface area (Å²) in [5, 5.41) is 0. The molecule has 4 rings (SSSR count). The summed E-state index contributed by atoms with van der Waals surface area (Å²) < 4.78 is 1.98. The van der Waals surface area contributed by atoms with Gasteiger partial charge in [0.15, 0.2) is 0 Å². The Morgan fingerprint density at radius 3 is 2.62 bits per heavy atom. The van der Waals surface area contributed by atoms with Gasteiger partial charge in [0, 0.05) is 19.6 Å². The molecule has 1 fully saturated rings. The van der Waals surface area contributed by atoms with E-state index in [1.807, 2.05) is 58.9 Å². The molecule has 134 valence electrons. The van der Waals surface area contributed by atoms with Gasteiger partial charge in [0.05, 0.1) is 23.4 Å². The molecule has 0 radical (unpaired) electrons. The zero-order chi connectivity index (χ0) is 18.1. The maximum absolute atomic E-state index is 13.4. The van der Waals surface area contributed by atoms with Gasteiger partial charge in [-0.2, -0.15) is 0 Å². The number of fused-ring (bicyclic) bond motifs is 1.